The van der Waals surface area contributed by atoms with Crippen LogP contribution in [0.2, 0.25) is 0 Å². The molecule has 0 saturated carbocycles. The van der Waals surface area contributed by atoms with E-state index < -0.39 is 0 Å². The van der Waals surface area contributed by atoms with Gasteiger partial charge in [-0.25, -0.2) is 4.98 Å². The summed E-state index contributed by atoms with van der Waals surface area (Å²) in [6.45, 7) is 7.99. The van der Waals surface area contributed by atoms with E-state index in [0.29, 0.717) is 19.2 Å². The van der Waals surface area contributed by atoms with E-state index in [2.05, 4.69) is 41.9 Å². The summed E-state index contributed by atoms with van der Waals surface area (Å²) in [4.78, 5) is 19.8. The Hall–Kier alpha value is -1.92. The van der Waals surface area contributed by atoms with Crippen molar-refractivity contribution in [1.82, 2.24) is 19.8 Å². The van der Waals surface area contributed by atoms with E-state index in [4.69, 9.17) is 9.72 Å². The molecule has 1 amide bonds. The first-order chi connectivity index (χ1) is 12.6. The Morgan fingerprint density at radius 3 is 2.96 bits per heavy atom. The molecule has 2 aliphatic rings. The lowest BCUT2D eigenvalue weighted by Crippen LogP contribution is -2.51. The van der Waals surface area contributed by atoms with Gasteiger partial charge in [0.15, 0.2) is 0 Å². The number of morpholine rings is 1. The monoisotopic (exact) mass is 356 g/mol. The predicted octanol–water partition coefficient (Wildman–Crippen LogP) is 2.31. The van der Waals surface area contributed by atoms with Crippen molar-refractivity contribution in [2.75, 3.05) is 32.8 Å². The minimum absolute atomic E-state index is 0.120. The van der Waals surface area contributed by atoms with Crippen LogP contribution in [0.25, 0.3) is 11.0 Å². The second kappa shape index (κ2) is 7.37. The summed E-state index contributed by atoms with van der Waals surface area (Å²) in [6, 6.07) is 8.66. The Kier molecular flexibility index (Phi) is 4.96. The molecule has 4 rings (SSSR count). The predicted molar refractivity (Wildman–Crippen MR) is 101 cm³/mol. The van der Waals surface area contributed by atoms with Crippen molar-refractivity contribution in [2.45, 2.75) is 44.8 Å². The van der Waals surface area contributed by atoms with Crippen LogP contribution in [-0.4, -0.2) is 59.2 Å². The third-order valence-electron chi connectivity index (χ3n) is 5.44. The van der Waals surface area contributed by atoms with Gasteiger partial charge in [0.05, 0.1) is 17.6 Å². The number of rotatable bonds is 3. The minimum Gasteiger partial charge on any atom is -0.366 e. The number of carbonyl (C=O) groups excluding carboxylic acids is 1. The first-order valence-corrected chi connectivity index (χ1v) is 9.73. The Bertz CT molecular complexity index is 779. The highest BCUT2D eigenvalue weighted by Crippen LogP contribution is 2.31. The molecule has 0 spiro atoms. The second-order valence-corrected chi connectivity index (χ2v) is 7.61. The van der Waals surface area contributed by atoms with Crippen molar-refractivity contribution in [1.29, 1.82) is 0 Å². The van der Waals surface area contributed by atoms with Crippen molar-refractivity contribution >= 4 is 16.9 Å². The third kappa shape index (κ3) is 3.23. The maximum Gasteiger partial charge on any atom is 0.253 e. The van der Waals surface area contributed by atoms with Gasteiger partial charge in [0.1, 0.15) is 11.9 Å². The van der Waals surface area contributed by atoms with E-state index in [1.54, 1.807) is 0 Å². The van der Waals surface area contributed by atoms with Crippen LogP contribution in [0, 0.1) is 0 Å². The minimum atomic E-state index is -0.341. The van der Waals surface area contributed by atoms with Crippen LogP contribution in [0.3, 0.4) is 0 Å². The average Bonchev–Trinajstić information content (AvgIpc) is 3.08. The van der Waals surface area contributed by atoms with Gasteiger partial charge in [0.25, 0.3) is 5.91 Å². The normalized spacial score (nSPS) is 24.3. The smallest absolute Gasteiger partial charge is 0.253 e. The molecule has 1 N–H and O–H groups in total. The first kappa shape index (κ1) is 17.5. The quantitative estimate of drug-likeness (QED) is 0.917. The van der Waals surface area contributed by atoms with Crippen molar-refractivity contribution < 1.29 is 9.53 Å². The summed E-state index contributed by atoms with van der Waals surface area (Å²) in [5.41, 5.74) is 2.22. The molecule has 6 heteroatoms. The largest absolute Gasteiger partial charge is 0.366 e. The zero-order valence-electron chi connectivity index (χ0n) is 15.6. The maximum absolute atomic E-state index is 12.9. The van der Waals surface area contributed by atoms with Crippen LogP contribution in [0.1, 0.15) is 44.5 Å². The lowest BCUT2D eigenvalue weighted by molar-refractivity contribution is -0.146. The maximum atomic E-state index is 12.9. The molecule has 26 heavy (non-hydrogen) atoms. The number of amides is 1. The second-order valence-electron chi connectivity index (χ2n) is 7.61. The number of hydrogen-bond donors (Lipinski definition) is 1. The molecule has 1 aromatic heterocycles. The molecule has 2 fully saturated rings. The van der Waals surface area contributed by atoms with Gasteiger partial charge in [-0.15, -0.1) is 0 Å². The van der Waals surface area contributed by atoms with E-state index in [-0.39, 0.29) is 17.9 Å². The Morgan fingerprint density at radius 1 is 1.35 bits per heavy atom. The van der Waals surface area contributed by atoms with Crippen LogP contribution < -0.4 is 5.32 Å². The number of piperidine rings is 1. The van der Waals surface area contributed by atoms with Gasteiger partial charge >= 0.3 is 0 Å². The van der Waals surface area contributed by atoms with Crippen molar-refractivity contribution in [3.05, 3.63) is 30.1 Å². The SMILES string of the molecule is CC(C)n1c(C2CCCN(C(=O)C3CNCCO3)C2)nc2ccccc21. The fourth-order valence-electron chi connectivity index (χ4n) is 4.21. The number of carbonyl (C=O) groups is 1. The van der Waals surface area contributed by atoms with E-state index in [1.165, 1.54) is 5.52 Å². The number of nitrogens with one attached hydrogen (secondary N) is 1. The third-order valence-corrected chi connectivity index (χ3v) is 5.44. The number of benzene rings is 1. The molecule has 0 aliphatic carbocycles. The van der Waals surface area contributed by atoms with Crippen LogP contribution in [-0.2, 0) is 9.53 Å². The molecule has 2 atom stereocenters. The lowest BCUT2D eigenvalue weighted by Gasteiger charge is -2.36. The van der Waals surface area contributed by atoms with Gasteiger partial charge in [-0.1, -0.05) is 12.1 Å². The summed E-state index contributed by atoms with van der Waals surface area (Å²) in [6.07, 6.45) is 1.74. The standard InChI is InChI=1S/C20H28N4O2/c1-14(2)24-17-8-4-3-7-16(17)22-19(24)15-6-5-10-23(13-15)20(25)18-12-21-9-11-26-18/h3-4,7-8,14-15,18,21H,5-6,9-13H2,1-2H3. The molecular weight excluding hydrogens is 328 g/mol. The fraction of sp³-hybridized carbons (Fsp3) is 0.600. The average molecular weight is 356 g/mol. The number of fused-ring (bicyclic) bond motifs is 1. The Balaban J connectivity index is 1.59. The van der Waals surface area contributed by atoms with Gasteiger partial charge in [0, 0.05) is 38.1 Å². The van der Waals surface area contributed by atoms with Gasteiger partial charge in [0.2, 0.25) is 0 Å². The molecule has 1 aromatic carbocycles. The molecule has 0 radical (unpaired) electrons. The van der Waals surface area contributed by atoms with Crippen molar-refractivity contribution in [3.63, 3.8) is 0 Å². The molecule has 2 saturated heterocycles. The van der Waals surface area contributed by atoms with Gasteiger partial charge < -0.3 is 19.5 Å². The Morgan fingerprint density at radius 2 is 2.19 bits per heavy atom. The summed E-state index contributed by atoms with van der Waals surface area (Å²) in [5, 5.41) is 3.25. The summed E-state index contributed by atoms with van der Waals surface area (Å²) >= 11 is 0. The van der Waals surface area contributed by atoms with Crippen molar-refractivity contribution in [3.8, 4) is 0 Å². The molecular formula is C20H28N4O2. The summed E-state index contributed by atoms with van der Waals surface area (Å²) in [5.74, 6) is 1.51. The zero-order chi connectivity index (χ0) is 18.1. The highest BCUT2D eigenvalue weighted by Gasteiger charge is 2.33. The number of ether oxygens (including phenoxy) is 1. The molecule has 6 nitrogen and oxygen atoms in total. The number of nitrogens with zero attached hydrogens (tertiary/aromatic N) is 3. The molecule has 0 bridgehead atoms. The molecule has 2 unspecified atom stereocenters. The summed E-state index contributed by atoms with van der Waals surface area (Å²) in [7, 11) is 0. The number of likely N-dealkylation sites (tertiary alicyclic amines) is 1. The molecule has 2 aromatic rings. The highest BCUT2D eigenvalue weighted by molar-refractivity contribution is 5.81. The van der Waals surface area contributed by atoms with Crippen LogP contribution in [0.4, 0.5) is 0 Å². The van der Waals surface area contributed by atoms with E-state index in [9.17, 15) is 4.79 Å². The van der Waals surface area contributed by atoms with Crippen LogP contribution in [0.5, 0.6) is 0 Å². The fourth-order valence-corrected chi connectivity index (χ4v) is 4.21. The van der Waals surface area contributed by atoms with Gasteiger partial charge in [-0.3, -0.25) is 4.79 Å². The van der Waals surface area contributed by atoms with Gasteiger partial charge in [-0.2, -0.15) is 0 Å². The van der Waals surface area contributed by atoms with Crippen LogP contribution in [0.15, 0.2) is 24.3 Å². The lowest BCUT2D eigenvalue weighted by atomic mass is 9.96. The van der Waals surface area contributed by atoms with E-state index in [0.717, 1.165) is 43.8 Å². The van der Waals surface area contributed by atoms with Crippen LogP contribution >= 0.6 is 0 Å². The van der Waals surface area contributed by atoms with Gasteiger partial charge in [-0.05, 0) is 38.8 Å². The molecule has 2 aliphatic heterocycles. The number of para-hydroxylation sites is 2. The first-order valence-electron chi connectivity index (χ1n) is 9.73. The number of imidazole rings is 1. The number of aromatic nitrogens is 2. The summed E-state index contributed by atoms with van der Waals surface area (Å²) < 4.78 is 8.01. The molecule has 140 valence electrons. The zero-order valence-corrected chi connectivity index (χ0v) is 15.6. The van der Waals surface area contributed by atoms with E-state index >= 15 is 0 Å². The number of hydrogen-bond acceptors (Lipinski definition) is 4. The topological polar surface area (TPSA) is 59.4 Å². The molecule has 3 heterocycles. The van der Waals surface area contributed by atoms with E-state index in [1.807, 2.05) is 11.0 Å². The highest BCUT2D eigenvalue weighted by atomic mass is 16.5. The Labute approximate surface area is 154 Å². The van der Waals surface area contributed by atoms with Crippen molar-refractivity contribution in [2.24, 2.45) is 0 Å².